The molecule has 0 bridgehead atoms. The van der Waals surface area contributed by atoms with Gasteiger partial charge in [0.1, 0.15) is 17.7 Å². The maximum atomic E-state index is 14.4. The van der Waals surface area contributed by atoms with Crippen LogP contribution >= 0.6 is 0 Å². The molecule has 5 rings (SSSR count). The first-order valence-electron chi connectivity index (χ1n) is 10.9. The van der Waals surface area contributed by atoms with Gasteiger partial charge in [-0.15, -0.1) is 0 Å². The number of nitrogens with zero attached hydrogens (tertiary/aromatic N) is 3. The molecule has 1 aliphatic rings. The van der Waals surface area contributed by atoms with Crippen LogP contribution in [0.25, 0.3) is 16.9 Å². The van der Waals surface area contributed by atoms with Gasteiger partial charge in [0, 0.05) is 11.6 Å². The van der Waals surface area contributed by atoms with Crippen LogP contribution in [0.1, 0.15) is 42.9 Å². The van der Waals surface area contributed by atoms with E-state index in [1.54, 1.807) is 29.2 Å². The van der Waals surface area contributed by atoms with Gasteiger partial charge in [-0.1, -0.05) is 42.5 Å². The van der Waals surface area contributed by atoms with Crippen molar-refractivity contribution >= 4 is 11.9 Å². The summed E-state index contributed by atoms with van der Waals surface area (Å²) in [5.74, 6) is 0.639. The zero-order chi connectivity index (χ0) is 22.8. The first-order valence-corrected chi connectivity index (χ1v) is 10.9. The lowest BCUT2D eigenvalue weighted by atomic mass is 10.0. The molecule has 0 saturated heterocycles. The Kier molecular flexibility index (Phi) is 5.60. The van der Waals surface area contributed by atoms with Crippen molar-refractivity contribution in [3.63, 3.8) is 0 Å². The van der Waals surface area contributed by atoms with E-state index in [-0.39, 0.29) is 5.82 Å². The Morgan fingerprint density at radius 3 is 2.64 bits per heavy atom. The summed E-state index contributed by atoms with van der Waals surface area (Å²) in [5, 5.41) is 7.01. The van der Waals surface area contributed by atoms with Crippen LogP contribution in [0.2, 0.25) is 0 Å². The smallest absolute Gasteiger partial charge is 0.413 e. The SMILES string of the molecule is CC(OC(=O)Nc1ccnn1-c1ccc(-c2ccc(C3CC3)c(F)c2)nc1)c1ccccc1. The van der Waals surface area contributed by atoms with Crippen molar-refractivity contribution in [2.45, 2.75) is 31.8 Å². The van der Waals surface area contributed by atoms with Gasteiger partial charge in [-0.3, -0.25) is 10.3 Å². The summed E-state index contributed by atoms with van der Waals surface area (Å²) < 4.78 is 21.4. The molecule has 2 aromatic carbocycles. The standard InChI is InChI=1S/C26H23FN4O2/c1-17(18-5-3-2-4-6-18)33-26(32)30-25-13-14-29-31(25)21-10-12-24(28-16-21)20-9-11-22(19-7-8-19)23(27)15-20/h2-6,9-17,19H,7-8H2,1H3,(H,30,32). The number of hydrogen-bond acceptors (Lipinski definition) is 4. The van der Waals surface area contributed by atoms with Gasteiger partial charge in [0.2, 0.25) is 0 Å². The molecule has 1 unspecified atom stereocenters. The fourth-order valence-electron chi connectivity index (χ4n) is 3.78. The molecule has 1 amide bonds. The molecule has 6 nitrogen and oxygen atoms in total. The monoisotopic (exact) mass is 442 g/mol. The third-order valence-electron chi connectivity index (χ3n) is 5.73. The second-order valence-electron chi connectivity index (χ2n) is 8.12. The van der Waals surface area contributed by atoms with Crippen molar-refractivity contribution in [1.29, 1.82) is 0 Å². The van der Waals surface area contributed by atoms with Gasteiger partial charge < -0.3 is 4.74 Å². The largest absolute Gasteiger partial charge is 0.441 e. The maximum absolute atomic E-state index is 14.4. The van der Waals surface area contributed by atoms with Crippen molar-refractivity contribution < 1.29 is 13.9 Å². The topological polar surface area (TPSA) is 69.0 Å². The average Bonchev–Trinajstić information content (AvgIpc) is 3.58. The Labute approximate surface area is 191 Å². The van der Waals surface area contributed by atoms with Gasteiger partial charge in [-0.2, -0.15) is 5.10 Å². The maximum Gasteiger partial charge on any atom is 0.413 e. The lowest BCUT2D eigenvalue weighted by molar-refractivity contribution is 0.121. The third-order valence-corrected chi connectivity index (χ3v) is 5.73. The number of benzene rings is 2. The summed E-state index contributed by atoms with van der Waals surface area (Å²) >= 11 is 0. The predicted octanol–water partition coefficient (Wildman–Crippen LogP) is 6.26. The van der Waals surface area contributed by atoms with E-state index in [1.807, 2.05) is 61.5 Å². The number of rotatable bonds is 6. The number of carbonyl (C=O) groups is 1. The number of pyridine rings is 1. The third kappa shape index (κ3) is 4.62. The highest BCUT2D eigenvalue weighted by Crippen LogP contribution is 2.41. The number of amides is 1. The molecular formula is C26H23FN4O2. The van der Waals surface area contributed by atoms with Crippen LogP contribution in [0, 0.1) is 5.82 Å². The normalized spacial score (nSPS) is 14.0. The fraction of sp³-hybridized carbons (Fsp3) is 0.192. The Morgan fingerprint density at radius 1 is 1.12 bits per heavy atom. The van der Waals surface area contributed by atoms with E-state index in [2.05, 4.69) is 15.4 Å². The fourth-order valence-corrected chi connectivity index (χ4v) is 3.78. The molecular weight excluding hydrogens is 419 g/mol. The highest BCUT2D eigenvalue weighted by atomic mass is 19.1. The molecule has 4 aromatic rings. The van der Waals surface area contributed by atoms with E-state index >= 15 is 0 Å². The van der Waals surface area contributed by atoms with E-state index in [1.165, 1.54) is 0 Å². The molecule has 1 atom stereocenters. The van der Waals surface area contributed by atoms with Crippen LogP contribution in [0.4, 0.5) is 15.0 Å². The first kappa shape index (κ1) is 20.9. The van der Waals surface area contributed by atoms with E-state index < -0.39 is 12.2 Å². The van der Waals surface area contributed by atoms with Crippen molar-refractivity contribution in [2.24, 2.45) is 0 Å². The van der Waals surface area contributed by atoms with Crippen molar-refractivity contribution in [1.82, 2.24) is 14.8 Å². The average molecular weight is 442 g/mol. The van der Waals surface area contributed by atoms with Gasteiger partial charge in [-0.25, -0.2) is 13.9 Å². The van der Waals surface area contributed by atoms with Crippen molar-refractivity contribution in [2.75, 3.05) is 5.32 Å². The van der Waals surface area contributed by atoms with Gasteiger partial charge in [0.05, 0.1) is 23.8 Å². The minimum absolute atomic E-state index is 0.178. The number of carbonyl (C=O) groups excluding carboxylic acids is 1. The van der Waals surface area contributed by atoms with Crippen LogP contribution in [-0.4, -0.2) is 20.9 Å². The molecule has 0 spiro atoms. The molecule has 166 valence electrons. The Hall–Kier alpha value is -4.00. The molecule has 2 heterocycles. The molecule has 1 N–H and O–H groups in total. The Balaban J connectivity index is 1.28. The lowest BCUT2D eigenvalue weighted by Crippen LogP contribution is -2.18. The molecule has 7 heteroatoms. The minimum atomic E-state index is -0.580. The highest BCUT2D eigenvalue weighted by molar-refractivity contribution is 5.84. The van der Waals surface area contributed by atoms with Crippen molar-refractivity contribution in [3.8, 4) is 16.9 Å². The molecule has 0 aliphatic heterocycles. The van der Waals surface area contributed by atoms with Gasteiger partial charge in [-0.05, 0) is 55.0 Å². The molecule has 2 aromatic heterocycles. The molecule has 1 saturated carbocycles. The molecule has 33 heavy (non-hydrogen) atoms. The van der Waals surface area contributed by atoms with E-state index in [0.717, 1.165) is 29.5 Å². The zero-order valence-corrected chi connectivity index (χ0v) is 18.1. The predicted molar refractivity (Wildman–Crippen MR) is 124 cm³/mol. The Bertz CT molecular complexity index is 1270. The summed E-state index contributed by atoms with van der Waals surface area (Å²) in [6.07, 6.45) is 4.36. The minimum Gasteiger partial charge on any atom is -0.441 e. The second-order valence-corrected chi connectivity index (χ2v) is 8.12. The van der Waals surface area contributed by atoms with Crippen LogP contribution < -0.4 is 5.32 Å². The number of ether oxygens (including phenoxy) is 1. The molecule has 1 aliphatic carbocycles. The van der Waals surface area contributed by atoms with Gasteiger partial charge in [0.25, 0.3) is 0 Å². The summed E-state index contributed by atoms with van der Waals surface area (Å²) in [6.45, 7) is 1.81. The summed E-state index contributed by atoms with van der Waals surface area (Å²) in [6, 6.07) is 20.1. The molecule has 0 radical (unpaired) electrons. The number of halogens is 1. The Morgan fingerprint density at radius 2 is 1.94 bits per heavy atom. The van der Waals surface area contributed by atoms with E-state index in [0.29, 0.717) is 23.1 Å². The van der Waals surface area contributed by atoms with Crippen LogP contribution in [0.3, 0.4) is 0 Å². The van der Waals surface area contributed by atoms with Gasteiger partial charge >= 0.3 is 6.09 Å². The van der Waals surface area contributed by atoms with Crippen LogP contribution in [-0.2, 0) is 4.74 Å². The number of aromatic nitrogens is 3. The number of anilines is 1. The van der Waals surface area contributed by atoms with Crippen molar-refractivity contribution in [3.05, 3.63) is 96.1 Å². The van der Waals surface area contributed by atoms with Crippen LogP contribution in [0.5, 0.6) is 0 Å². The molecule has 1 fully saturated rings. The van der Waals surface area contributed by atoms with Crippen LogP contribution in [0.15, 0.2) is 79.1 Å². The lowest BCUT2D eigenvalue weighted by Gasteiger charge is -2.15. The number of hydrogen-bond donors (Lipinski definition) is 1. The van der Waals surface area contributed by atoms with E-state index in [9.17, 15) is 9.18 Å². The summed E-state index contributed by atoms with van der Waals surface area (Å²) in [5.41, 5.74) is 3.74. The van der Waals surface area contributed by atoms with E-state index in [4.69, 9.17) is 4.74 Å². The summed E-state index contributed by atoms with van der Waals surface area (Å²) in [7, 11) is 0. The second kappa shape index (κ2) is 8.86. The highest BCUT2D eigenvalue weighted by Gasteiger charge is 2.26. The van der Waals surface area contributed by atoms with Gasteiger partial charge in [0.15, 0.2) is 0 Å². The number of nitrogens with one attached hydrogen (secondary N) is 1. The quantitative estimate of drug-likeness (QED) is 0.383. The summed E-state index contributed by atoms with van der Waals surface area (Å²) in [4.78, 5) is 16.9. The first-order chi connectivity index (χ1) is 16.1. The zero-order valence-electron chi connectivity index (χ0n) is 18.1.